The van der Waals surface area contributed by atoms with Gasteiger partial charge in [0, 0.05) is 0 Å². The Morgan fingerprint density at radius 2 is 1.13 bits per heavy atom. The molecule has 7 heteroatoms. The van der Waals surface area contributed by atoms with Crippen molar-refractivity contribution in [1.29, 1.82) is 0 Å². The smallest absolute Gasteiger partial charge is 0.335 e. The monoisotopic (exact) mass is 410 g/mol. The summed E-state index contributed by atoms with van der Waals surface area (Å²) < 4.78 is 0. The van der Waals surface area contributed by atoms with Crippen LogP contribution in [0.25, 0.3) is 0 Å². The van der Waals surface area contributed by atoms with Gasteiger partial charge in [-0.05, 0) is 84.3 Å². The SMILES string of the molecule is O=C(O)c1ccc(CCc2cc(O)cc(CCc3cc(O)c(O)c(O)c3)c2O)cc1. The molecule has 0 saturated carbocycles. The number of carbonyl (C=O) groups is 1. The third-order valence-electron chi connectivity index (χ3n) is 4.95. The fraction of sp³-hybridized carbons (Fsp3) is 0.174. The molecule has 0 unspecified atom stereocenters. The van der Waals surface area contributed by atoms with Gasteiger partial charge in [0.15, 0.2) is 17.2 Å². The van der Waals surface area contributed by atoms with Crippen molar-refractivity contribution in [3.8, 4) is 28.7 Å². The number of carboxylic acid groups (broad SMARTS) is 1. The molecule has 0 atom stereocenters. The largest absolute Gasteiger partial charge is 0.508 e. The van der Waals surface area contributed by atoms with E-state index < -0.39 is 23.2 Å². The molecular formula is C23H22O7. The van der Waals surface area contributed by atoms with Gasteiger partial charge in [-0.25, -0.2) is 4.79 Å². The summed E-state index contributed by atoms with van der Waals surface area (Å²) in [6.45, 7) is 0. The highest BCUT2D eigenvalue weighted by atomic mass is 16.4. The van der Waals surface area contributed by atoms with Gasteiger partial charge in [0.2, 0.25) is 0 Å². The zero-order valence-corrected chi connectivity index (χ0v) is 16.0. The first-order chi connectivity index (χ1) is 14.2. The molecule has 30 heavy (non-hydrogen) atoms. The van der Waals surface area contributed by atoms with E-state index in [4.69, 9.17) is 5.11 Å². The van der Waals surface area contributed by atoms with Crippen molar-refractivity contribution in [2.24, 2.45) is 0 Å². The first-order valence-corrected chi connectivity index (χ1v) is 9.34. The highest BCUT2D eigenvalue weighted by Gasteiger charge is 2.13. The number of carboxylic acids is 1. The Kier molecular flexibility index (Phi) is 6.01. The molecular weight excluding hydrogens is 388 g/mol. The fourth-order valence-electron chi connectivity index (χ4n) is 3.30. The molecule has 0 aromatic heterocycles. The lowest BCUT2D eigenvalue weighted by Gasteiger charge is -2.12. The van der Waals surface area contributed by atoms with Crippen LogP contribution >= 0.6 is 0 Å². The van der Waals surface area contributed by atoms with E-state index in [1.807, 2.05) is 0 Å². The van der Waals surface area contributed by atoms with E-state index in [9.17, 15) is 30.3 Å². The van der Waals surface area contributed by atoms with Gasteiger partial charge < -0.3 is 30.6 Å². The zero-order chi connectivity index (χ0) is 21.8. The minimum atomic E-state index is -0.993. The lowest BCUT2D eigenvalue weighted by atomic mass is 9.97. The van der Waals surface area contributed by atoms with Crippen LogP contribution in [-0.2, 0) is 25.7 Å². The van der Waals surface area contributed by atoms with Crippen LogP contribution in [0.2, 0.25) is 0 Å². The average Bonchev–Trinajstić information content (AvgIpc) is 2.71. The van der Waals surface area contributed by atoms with Crippen LogP contribution in [0.4, 0.5) is 0 Å². The van der Waals surface area contributed by atoms with E-state index in [1.54, 1.807) is 12.1 Å². The Morgan fingerprint density at radius 1 is 0.633 bits per heavy atom. The molecule has 3 rings (SSSR count). The maximum Gasteiger partial charge on any atom is 0.335 e. The molecule has 7 nitrogen and oxygen atoms in total. The van der Waals surface area contributed by atoms with Crippen LogP contribution in [-0.4, -0.2) is 36.6 Å². The molecule has 0 aliphatic heterocycles. The number of phenols is 5. The van der Waals surface area contributed by atoms with E-state index in [0.717, 1.165) is 5.56 Å². The summed E-state index contributed by atoms with van der Waals surface area (Å²) in [5.74, 6) is -2.37. The van der Waals surface area contributed by atoms with Crippen molar-refractivity contribution in [1.82, 2.24) is 0 Å². The summed E-state index contributed by atoms with van der Waals surface area (Å²) in [5, 5.41) is 58.3. The second kappa shape index (κ2) is 8.65. The van der Waals surface area contributed by atoms with Gasteiger partial charge in [-0.3, -0.25) is 0 Å². The molecule has 0 aliphatic rings. The predicted octanol–water partition coefficient (Wildman–Crippen LogP) is 3.48. The summed E-state index contributed by atoms with van der Waals surface area (Å²) in [6.07, 6.45) is 1.69. The highest BCUT2D eigenvalue weighted by Crippen LogP contribution is 2.36. The van der Waals surface area contributed by atoms with Gasteiger partial charge in [0.05, 0.1) is 5.56 Å². The highest BCUT2D eigenvalue weighted by molar-refractivity contribution is 5.87. The van der Waals surface area contributed by atoms with Crippen LogP contribution in [0.5, 0.6) is 28.7 Å². The van der Waals surface area contributed by atoms with Crippen molar-refractivity contribution in [2.75, 3.05) is 0 Å². The molecule has 3 aromatic carbocycles. The van der Waals surface area contributed by atoms with Crippen molar-refractivity contribution in [3.63, 3.8) is 0 Å². The Morgan fingerprint density at radius 3 is 1.63 bits per heavy atom. The fourth-order valence-corrected chi connectivity index (χ4v) is 3.30. The van der Waals surface area contributed by atoms with Crippen molar-refractivity contribution in [3.05, 3.63) is 76.3 Å². The van der Waals surface area contributed by atoms with E-state index in [-0.39, 0.29) is 17.1 Å². The summed E-state index contributed by atoms with van der Waals surface area (Å²) in [5.41, 5.74) is 2.74. The van der Waals surface area contributed by atoms with E-state index in [2.05, 4.69) is 0 Å². The van der Waals surface area contributed by atoms with Gasteiger partial charge in [-0.1, -0.05) is 12.1 Å². The molecule has 0 aliphatic carbocycles. The molecule has 0 heterocycles. The van der Waals surface area contributed by atoms with Gasteiger partial charge in [0.25, 0.3) is 0 Å². The molecule has 156 valence electrons. The number of aromatic hydroxyl groups is 5. The standard InChI is InChI=1S/C23H22O7/c24-18-11-16(7-3-13-1-5-15(6-2-13)23(29)30)21(27)17(12-18)8-4-14-9-19(25)22(28)20(26)10-14/h1-2,5-6,9-12,24-28H,3-4,7-8H2,(H,29,30). The van der Waals surface area contributed by atoms with Crippen LogP contribution in [0.3, 0.4) is 0 Å². The molecule has 0 radical (unpaired) electrons. The number of aromatic carboxylic acids is 1. The Balaban J connectivity index is 1.72. The van der Waals surface area contributed by atoms with Gasteiger partial charge in [-0.2, -0.15) is 0 Å². The second-order valence-electron chi connectivity index (χ2n) is 7.10. The first kappa shape index (κ1) is 20.9. The lowest BCUT2D eigenvalue weighted by molar-refractivity contribution is 0.0697. The van der Waals surface area contributed by atoms with Crippen molar-refractivity contribution in [2.45, 2.75) is 25.7 Å². The molecule has 0 saturated heterocycles. The summed E-state index contributed by atoms with van der Waals surface area (Å²) in [7, 11) is 0. The number of hydrogen-bond donors (Lipinski definition) is 6. The van der Waals surface area contributed by atoms with Crippen LogP contribution in [0.1, 0.15) is 32.6 Å². The molecule has 3 aromatic rings. The second-order valence-corrected chi connectivity index (χ2v) is 7.10. The Labute approximate surface area is 172 Å². The summed E-state index contributed by atoms with van der Waals surface area (Å²) in [4.78, 5) is 10.9. The van der Waals surface area contributed by atoms with E-state index >= 15 is 0 Å². The molecule has 0 spiro atoms. The first-order valence-electron chi connectivity index (χ1n) is 9.34. The summed E-state index contributed by atoms with van der Waals surface area (Å²) in [6, 6.07) is 12.1. The molecule has 6 N–H and O–H groups in total. The Bertz CT molecular complexity index is 1050. The molecule has 0 amide bonds. The number of rotatable bonds is 7. The predicted molar refractivity (Wildman–Crippen MR) is 109 cm³/mol. The topological polar surface area (TPSA) is 138 Å². The quantitative estimate of drug-likeness (QED) is 0.259. The van der Waals surface area contributed by atoms with E-state index in [1.165, 1.54) is 36.4 Å². The number of aryl methyl sites for hydroxylation is 4. The number of benzene rings is 3. The van der Waals surface area contributed by atoms with Crippen molar-refractivity contribution < 1.29 is 35.4 Å². The maximum absolute atomic E-state index is 10.9. The van der Waals surface area contributed by atoms with E-state index in [0.29, 0.717) is 42.4 Å². The summed E-state index contributed by atoms with van der Waals surface area (Å²) >= 11 is 0. The normalized spacial score (nSPS) is 10.8. The minimum absolute atomic E-state index is 0.00965. The molecule has 0 bridgehead atoms. The Hall–Kier alpha value is -3.87. The van der Waals surface area contributed by atoms with Crippen LogP contribution < -0.4 is 0 Å². The lowest BCUT2D eigenvalue weighted by Crippen LogP contribution is -1.99. The third kappa shape index (κ3) is 4.75. The molecule has 0 fully saturated rings. The number of phenolic OH excluding ortho intramolecular Hbond substituents is 5. The zero-order valence-electron chi connectivity index (χ0n) is 16.0. The van der Waals surface area contributed by atoms with Crippen molar-refractivity contribution >= 4 is 5.97 Å². The number of hydrogen-bond acceptors (Lipinski definition) is 6. The minimum Gasteiger partial charge on any atom is -0.508 e. The third-order valence-corrected chi connectivity index (χ3v) is 4.95. The van der Waals surface area contributed by atoms with Gasteiger partial charge in [-0.15, -0.1) is 0 Å². The maximum atomic E-state index is 10.9. The van der Waals surface area contributed by atoms with Crippen LogP contribution in [0, 0.1) is 0 Å². The van der Waals surface area contributed by atoms with Gasteiger partial charge in [0.1, 0.15) is 11.5 Å². The van der Waals surface area contributed by atoms with Gasteiger partial charge >= 0.3 is 5.97 Å². The average molecular weight is 410 g/mol. The van der Waals surface area contributed by atoms with Crippen LogP contribution in [0.15, 0.2) is 48.5 Å².